The van der Waals surface area contributed by atoms with Gasteiger partial charge in [-0.2, -0.15) is 0 Å². The zero-order chi connectivity index (χ0) is 16.1. The van der Waals surface area contributed by atoms with Crippen molar-refractivity contribution in [2.24, 2.45) is 0 Å². The molecule has 0 atom stereocenters. The van der Waals surface area contributed by atoms with E-state index in [9.17, 15) is 8.78 Å². The first-order valence-corrected chi connectivity index (χ1v) is 7.19. The van der Waals surface area contributed by atoms with Crippen molar-refractivity contribution in [2.75, 3.05) is 5.32 Å². The van der Waals surface area contributed by atoms with Gasteiger partial charge in [0.15, 0.2) is 11.6 Å². The molecule has 0 aliphatic rings. The standard InChI is InChI=1S/C19H15F2NO/c20-18-11-8-16(12-19(18)21)22-15-6-9-17(10-7-15)23-13-14-4-2-1-3-5-14/h1-12,22H,13H2. The Morgan fingerprint density at radius 1 is 0.739 bits per heavy atom. The molecule has 0 bridgehead atoms. The Morgan fingerprint density at radius 3 is 2.13 bits per heavy atom. The summed E-state index contributed by atoms with van der Waals surface area (Å²) in [5.74, 6) is -0.997. The normalized spacial score (nSPS) is 10.3. The Hall–Kier alpha value is -2.88. The van der Waals surface area contributed by atoms with E-state index in [1.807, 2.05) is 54.6 Å². The molecule has 3 rings (SSSR count). The van der Waals surface area contributed by atoms with Crippen LogP contribution < -0.4 is 10.1 Å². The predicted octanol–water partition coefficient (Wildman–Crippen LogP) is 5.29. The van der Waals surface area contributed by atoms with Gasteiger partial charge in [0.25, 0.3) is 0 Å². The maximum Gasteiger partial charge on any atom is 0.160 e. The minimum absolute atomic E-state index is 0.488. The van der Waals surface area contributed by atoms with Crippen LogP contribution in [-0.2, 0) is 6.61 Å². The third-order valence-corrected chi connectivity index (χ3v) is 3.31. The molecule has 0 spiro atoms. The topological polar surface area (TPSA) is 21.3 Å². The lowest BCUT2D eigenvalue weighted by molar-refractivity contribution is 0.306. The molecule has 3 aromatic rings. The molecule has 0 aliphatic heterocycles. The van der Waals surface area contributed by atoms with Crippen LogP contribution in [0.1, 0.15) is 5.56 Å². The lowest BCUT2D eigenvalue weighted by Gasteiger charge is -2.09. The summed E-state index contributed by atoms with van der Waals surface area (Å²) in [6.45, 7) is 0.497. The molecule has 0 aromatic heterocycles. The largest absolute Gasteiger partial charge is 0.489 e. The lowest BCUT2D eigenvalue weighted by Crippen LogP contribution is -1.96. The summed E-state index contributed by atoms with van der Waals surface area (Å²) in [6.07, 6.45) is 0. The summed E-state index contributed by atoms with van der Waals surface area (Å²) >= 11 is 0. The Bertz CT molecular complexity index is 773. The van der Waals surface area contributed by atoms with Crippen LogP contribution in [0.5, 0.6) is 5.75 Å². The minimum atomic E-state index is -0.877. The molecule has 0 heterocycles. The van der Waals surface area contributed by atoms with Crippen LogP contribution in [0.3, 0.4) is 0 Å². The maximum absolute atomic E-state index is 13.2. The van der Waals surface area contributed by atoms with Crippen molar-refractivity contribution in [3.63, 3.8) is 0 Å². The van der Waals surface area contributed by atoms with Crippen molar-refractivity contribution < 1.29 is 13.5 Å². The summed E-state index contributed by atoms with van der Waals surface area (Å²) in [6, 6.07) is 20.9. The van der Waals surface area contributed by atoms with Gasteiger partial charge in [-0.05, 0) is 42.0 Å². The monoisotopic (exact) mass is 311 g/mol. The molecule has 2 nitrogen and oxygen atoms in total. The summed E-state index contributed by atoms with van der Waals surface area (Å²) in [4.78, 5) is 0. The highest BCUT2D eigenvalue weighted by molar-refractivity contribution is 5.60. The van der Waals surface area contributed by atoms with Gasteiger partial charge in [0.1, 0.15) is 12.4 Å². The highest BCUT2D eigenvalue weighted by Crippen LogP contribution is 2.22. The van der Waals surface area contributed by atoms with E-state index >= 15 is 0 Å². The van der Waals surface area contributed by atoms with Gasteiger partial charge in [-0.1, -0.05) is 30.3 Å². The molecule has 0 aliphatic carbocycles. The van der Waals surface area contributed by atoms with E-state index in [-0.39, 0.29) is 0 Å². The highest BCUT2D eigenvalue weighted by Gasteiger charge is 2.03. The molecule has 1 N–H and O–H groups in total. The van der Waals surface area contributed by atoms with Gasteiger partial charge in [0.2, 0.25) is 0 Å². The van der Waals surface area contributed by atoms with E-state index in [4.69, 9.17) is 4.74 Å². The second-order valence-electron chi connectivity index (χ2n) is 5.05. The number of benzene rings is 3. The molecular formula is C19H15F2NO. The number of hydrogen-bond acceptors (Lipinski definition) is 2. The second kappa shape index (κ2) is 6.92. The molecule has 23 heavy (non-hydrogen) atoms. The van der Waals surface area contributed by atoms with Crippen molar-refractivity contribution in [3.05, 3.63) is 90.0 Å². The first-order chi connectivity index (χ1) is 11.2. The van der Waals surface area contributed by atoms with Gasteiger partial charge in [-0.25, -0.2) is 8.78 Å². The molecule has 116 valence electrons. The average Bonchev–Trinajstić information content (AvgIpc) is 2.58. The Balaban J connectivity index is 1.61. The van der Waals surface area contributed by atoms with Crippen molar-refractivity contribution in [3.8, 4) is 5.75 Å². The van der Waals surface area contributed by atoms with Crippen LogP contribution >= 0.6 is 0 Å². The third kappa shape index (κ3) is 4.07. The number of anilines is 2. The Kier molecular flexibility index (Phi) is 4.52. The summed E-state index contributed by atoms with van der Waals surface area (Å²) in [5, 5.41) is 3.01. The Labute approximate surface area is 133 Å². The predicted molar refractivity (Wildman–Crippen MR) is 86.9 cm³/mol. The quantitative estimate of drug-likeness (QED) is 0.691. The van der Waals surface area contributed by atoms with Crippen LogP contribution in [0, 0.1) is 11.6 Å². The first-order valence-electron chi connectivity index (χ1n) is 7.19. The van der Waals surface area contributed by atoms with Crippen LogP contribution in [0.2, 0.25) is 0 Å². The summed E-state index contributed by atoms with van der Waals surface area (Å²) in [7, 11) is 0. The number of rotatable bonds is 5. The Morgan fingerprint density at radius 2 is 1.43 bits per heavy atom. The van der Waals surface area contributed by atoms with Gasteiger partial charge in [-0.3, -0.25) is 0 Å². The van der Waals surface area contributed by atoms with Crippen molar-refractivity contribution in [1.29, 1.82) is 0 Å². The molecule has 3 aromatic carbocycles. The fourth-order valence-corrected chi connectivity index (χ4v) is 2.12. The van der Waals surface area contributed by atoms with E-state index < -0.39 is 11.6 Å². The SMILES string of the molecule is Fc1ccc(Nc2ccc(OCc3ccccc3)cc2)cc1F. The number of nitrogens with one attached hydrogen (secondary N) is 1. The highest BCUT2D eigenvalue weighted by atomic mass is 19.2. The van der Waals surface area contributed by atoms with Gasteiger partial charge < -0.3 is 10.1 Å². The number of halogens is 2. The number of hydrogen-bond donors (Lipinski definition) is 1. The fourth-order valence-electron chi connectivity index (χ4n) is 2.12. The second-order valence-corrected chi connectivity index (χ2v) is 5.05. The summed E-state index contributed by atoms with van der Waals surface area (Å²) in [5.41, 5.74) is 2.35. The van der Waals surface area contributed by atoms with Crippen LogP contribution in [0.4, 0.5) is 20.2 Å². The summed E-state index contributed by atoms with van der Waals surface area (Å²) < 4.78 is 31.8. The van der Waals surface area contributed by atoms with E-state index in [1.165, 1.54) is 6.07 Å². The van der Waals surface area contributed by atoms with E-state index in [1.54, 1.807) is 0 Å². The third-order valence-electron chi connectivity index (χ3n) is 3.31. The zero-order valence-corrected chi connectivity index (χ0v) is 12.3. The number of ether oxygens (including phenoxy) is 1. The van der Waals surface area contributed by atoms with Gasteiger partial charge in [0, 0.05) is 17.4 Å². The molecule has 0 amide bonds. The van der Waals surface area contributed by atoms with Gasteiger partial charge in [-0.15, -0.1) is 0 Å². The van der Waals surface area contributed by atoms with E-state index in [2.05, 4.69) is 5.32 Å². The molecule has 0 unspecified atom stereocenters. The van der Waals surface area contributed by atoms with Crippen LogP contribution in [0.25, 0.3) is 0 Å². The van der Waals surface area contributed by atoms with Gasteiger partial charge >= 0.3 is 0 Å². The molecule has 4 heteroatoms. The molecule has 0 radical (unpaired) electrons. The first kappa shape index (κ1) is 15.0. The molecule has 0 saturated heterocycles. The molecule has 0 saturated carbocycles. The lowest BCUT2D eigenvalue weighted by atomic mass is 10.2. The van der Waals surface area contributed by atoms with Crippen molar-refractivity contribution in [2.45, 2.75) is 6.61 Å². The van der Waals surface area contributed by atoms with E-state index in [0.717, 1.165) is 29.1 Å². The van der Waals surface area contributed by atoms with Crippen LogP contribution in [-0.4, -0.2) is 0 Å². The average molecular weight is 311 g/mol. The van der Waals surface area contributed by atoms with Crippen molar-refractivity contribution >= 4 is 11.4 Å². The zero-order valence-electron chi connectivity index (χ0n) is 12.3. The minimum Gasteiger partial charge on any atom is -0.489 e. The fraction of sp³-hybridized carbons (Fsp3) is 0.0526. The molecular weight excluding hydrogens is 296 g/mol. The van der Waals surface area contributed by atoms with Crippen LogP contribution in [0.15, 0.2) is 72.8 Å². The van der Waals surface area contributed by atoms with E-state index in [0.29, 0.717) is 12.3 Å². The molecule has 0 fully saturated rings. The van der Waals surface area contributed by atoms with Crippen molar-refractivity contribution in [1.82, 2.24) is 0 Å². The smallest absolute Gasteiger partial charge is 0.160 e. The maximum atomic E-state index is 13.2. The van der Waals surface area contributed by atoms with Gasteiger partial charge in [0.05, 0.1) is 0 Å².